The van der Waals surface area contributed by atoms with Crippen LogP contribution in [0.15, 0.2) is 17.6 Å². The molecule has 0 aliphatic carbocycles. The van der Waals surface area contributed by atoms with Crippen molar-refractivity contribution < 1.29 is 9.31 Å². The van der Waals surface area contributed by atoms with Crippen LogP contribution in [0.4, 0.5) is 0 Å². The van der Waals surface area contributed by atoms with Gasteiger partial charge in [-0.05, 0) is 57.5 Å². The molecular formula is C19H28BNO2S2. The van der Waals surface area contributed by atoms with E-state index in [9.17, 15) is 0 Å². The molecule has 0 bridgehead atoms. The summed E-state index contributed by atoms with van der Waals surface area (Å²) < 4.78 is 13.4. The van der Waals surface area contributed by atoms with E-state index in [2.05, 4.69) is 51.0 Å². The third kappa shape index (κ3) is 4.02. The van der Waals surface area contributed by atoms with Crippen molar-refractivity contribution in [1.82, 2.24) is 4.98 Å². The Bertz CT molecular complexity index is 692. The molecule has 2 aromatic heterocycles. The Morgan fingerprint density at radius 3 is 2.48 bits per heavy atom. The Kier molecular flexibility index (Phi) is 5.73. The zero-order valence-electron chi connectivity index (χ0n) is 15.9. The largest absolute Gasteiger partial charge is 0.507 e. The predicted molar refractivity (Wildman–Crippen MR) is 109 cm³/mol. The van der Waals surface area contributed by atoms with Gasteiger partial charge in [-0.1, -0.05) is 26.2 Å². The minimum absolute atomic E-state index is 0.310. The van der Waals surface area contributed by atoms with Crippen molar-refractivity contribution in [2.24, 2.45) is 0 Å². The molecule has 0 unspecified atom stereocenters. The number of hydrogen-bond acceptors (Lipinski definition) is 5. The summed E-state index contributed by atoms with van der Waals surface area (Å²) in [5, 5.41) is 3.27. The summed E-state index contributed by atoms with van der Waals surface area (Å²) in [4.78, 5) is 5.98. The van der Waals surface area contributed by atoms with E-state index in [-0.39, 0.29) is 18.3 Å². The second-order valence-electron chi connectivity index (χ2n) is 7.74. The van der Waals surface area contributed by atoms with Gasteiger partial charge in [0.05, 0.1) is 20.9 Å². The van der Waals surface area contributed by atoms with Gasteiger partial charge in [-0.2, -0.15) is 0 Å². The predicted octanol–water partition coefficient (Wildman–Crippen LogP) is 5.29. The fourth-order valence-electron chi connectivity index (χ4n) is 2.92. The highest BCUT2D eigenvalue weighted by molar-refractivity contribution is 7.27. The number of thiazole rings is 1. The first-order valence-corrected chi connectivity index (χ1v) is 10.9. The average Bonchev–Trinajstić information content (AvgIpc) is 3.22. The fourth-order valence-corrected chi connectivity index (χ4v) is 4.89. The Morgan fingerprint density at radius 2 is 1.80 bits per heavy atom. The van der Waals surface area contributed by atoms with Gasteiger partial charge in [0.15, 0.2) is 0 Å². The van der Waals surface area contributed by atoms with Crippen molar-refractivity contribution in [2.75, 3.05) is 0 Å². The maximum absolute atomic E-state index is 6.15. The average molecular weight is 377 g/mol. The first-order valence-electron chi connectivity index (χ1n) is 9.22. The summed E-state index contributed by atoms with van der Waals surface area (Å²) in [5.41, 5.74) is 0.806. The van der Waals surface area contributed by atoms with E-state index in [4.69, 9.17) is 9.31 Å². The van der Waals surface area contributed by atoms with E-state index in [1.54, 1.807) is 22.7 Å². The van der Waals surface area contributed by atoms with Gasteiger partial charge in [-0.3, -0.25) is 0 Å². The standard InChI is InChI=1S/C19H28BNO2S2/c1-6-7-8-9-10-14-11-12-24-16(14)17-21-13-15(25-17)20-22-18(2,3)19(4,5)23-20/h11-13H,6-10H2,1-5H3. The third-order valence-electron chi connectivity index (χ3n) is 5.25. The summed E-state index contributed by atoms with van der Waals surface area (Å²) >= 11 is 3.48. The van der Waals surface area contributed by atoms with Gasteiger partial charge in [0.2, 0.25) is 0 Å². The lowest BCUT2D eigenvalue weighted by atomic mass is 9.89. The molecule has 3 rings (SSSR count). The number of aryl methyl sites for hydroxylation is 1. The fraction of sp³-hybridized carbons (Fsp3) is 0.632. The summed E-state index contributed by atoms with van der Waals surface area (Å²) in [7, 11) is -0.316. The summed E-state index contributed by atoms with van der Waals surface area (Å²) in [6, 6.07) is 2.25. The lowest BCUT2D eigenvalue weighted by Gasteiger charge is -2.32. The molecule has 1 aliphatic heterocycles. The van der Waals surface area contributed by atoms with Crippen molar-refractivity contribution in [2.45, 2.75) is 77.9 Å². The molecule has 2 aromatic rings. The van der Waals surface area contributed by atoms with Crippen LogP contribution in [0.5, 0.6) is 0 Å². The molecule has 25 heavy (non-hydrogen) atoms. The van der Waals surface area contributed by atoms with Crippen molar-refractivity contribution in [3.05, 3.63) is 23.2 Å². The summed E-state index contributed by atoms with van der Waals surface area (Å²) in [6.45, 7) is 10.6. The molecular weight excluding hydrogens is 349 g/mol. The SMILES string of the molecule is CCCCCCc1ccsc1-c1ncc(B2OC(C)(C)C(C)(C)O2)s1. The molecule has 0 spiro atoms. The van der Waals surface area contributed by atoms with E-state index >= 15 is 0 Å². The maximum atomic E-state index is 6.15. The highest BCUT2D eigenvalue weighted by Gasteiger charge is 2.52. The second-order valence-corrected chi connectivity index (χ2v) is 9.72. The summed E-state index contributed by atoms with van der Waals surface area (Å²) in [6.07, 6.45) is 8.23. The van der Waals surface area contributed by atoms with E-state index < -0.39 is 0 Å². The van der Waals surface area contributed by atoms with Gasteiger partial charge >= 0.3 is 7.12 Å². The van der Waals surface area contributed by atoms with Crippen LogP contribution in [0.1, 0.15) is 65.9 Å². The normalized spacial score (nSPS) is 18.8. The maximum Gasteiger partial charge on any atom is 0.507 e. The quantitative estimate of drug-likeness (QED) is 0.485. The van der Waals surface area contributed by atoms with Crippen LogP contribution in [0.2, 0.25) is 0 Å². The Morgan fingerprint density at radius 1 is 1.08 bits per heavy atom. The molecule has 1 fully saturated rings. The molecule has 0 radical (unpaired) electrons. The molecule has 1 aliphatic rings. The van der Waals surface area contributed by atoms with Gasteiger partial charge in [-0.15, -0.1) is 22.7 Å². The molecule has 0 atom stereocenters. The zero-order valence-corrected chi connectivity index (χ0v) is 17.6. The number of thiophene rings is 1. The smallest absolute Gasteiger partial charge is 0.399 e. The van der Waals surface area contributed by atoms with Crippen LogP contribution in [0, 0.1) is 0 Å². The van der Waals surface area contributed by atoms with Crippen LogP contribution < -0.4 is 4.78 Å². The Balaban J connectivity index is 1.72. The topological polar surface area (TPSA) is 31.4 Å². The lowest BCUT2D eigenvalue weighted by molar-refractivity contribution is 0.00578. The van der Waals surface area contributed by atoms with Crippen molar-refractivity contribution in [1.29, 1.82) is 0 Å². The molecule has 0 N–H and O–H groups in total. The van der Waals surface area contributed by atoms with Gasteiger partial charge in [0.25, 0.3) is 0 Å². The van der Waals surface area contributed by atoms with Crippen molar-refractivity contribution in [3.63, 3.8) is 0 Å². The molecule has 6 heteroatoms. The van der Waals surface area contributed by atoms with Gasteiger partial charge in [0.1, 0.15) is 5.01 Å². The van der Waals surface area contributed by atoms with Gasteiger partial charge < -0.3 is 9.31 Å². The summed E-state index contributed by atoms with van der Waals surface area (Å²) in [5.74, 6) is 0. The first-order chi connectivity index (χ1) is 11.8. The molecule has 0 saturated carbocycles. The van der Waals surface area contributed by atoms with Crippen LogP contribution in [0.25, 0.3) is 9.88 Å². The first kappa shape index (κ1) is 19.1. The highest BCUT2D eigenvalue weighted by Crippen LogP contribution is 2.38. The molecule has 136 valence electrons. The van der Waals surface area contributed by atoms with Gasteiger partial charge in [-0.25, -0.2) is 4.98 Å². The molecule has 0 amide bonds. The van der Waals surface area contributed by atoms with Crippen LogP contribution in [-0.4, -0.2) is 23.3 Å². The minimum atomic E-state index is -0.316. The van der Waals surface area contributed by atoms with E-state index in [1.807, 2.05) is 6.20 Å². The molecule has 3 heterocycles. The number of unbranched alkanes of at least 4 members (excludes halogenated alkanes) is 3. The third-order valence-corrected chi connectivity index (χ3v) is 7.38. The monoisotopic (exact) mass is 377 g/mol. The van der Waals surface area contributed by atoms with Crippen LogP contribution in [0.3, 0.4) is 0 Å². The van der Waals surface area contributed by atoms with E-state index in [1.165, 1.54) is 36.1 Å². The lowest BCUT2D eigenvalue weighted by Crippen LogP contribution is -2.41. The number of rotatable bonds is 7. The van der Waals surface area contributed by atoms with E-state index in [0.717, 1.165) is 16.2 Å². The Labute approximate surface area is 159 Å². The van der Waals surface area contributed by atoms with Crippen LogP contribution >= 0.6 is 22.7 Å². The Hall–Kier alpha value is -0.685. The van der Waals surface area contributed by atoms with Crippen LogP contribution in [-0.2, 0) is 15.7 Å². The molecule has 0 aromatic carbocycles. The number of hydrogen-bond donors (Lipinski definition) is 0. The van der Waals surface area contributed by atoms with Gasteiger partial charge in [0, 0.05) is 6.20 Å². The van der Waals surface area contributed by atoms with Crippen molar-refractivity contribution >= 4 is 34.6 Å². The minimum Gasteiger partial charge on any atom is -0.399 e. The number of nitrogens with zero attached hydrogens (tertiary/aromatic N) is 1. The van der Waals surface area contributed by atoms with Crippen molar-refractivity contribution in [3.8, 4) is 9.88 Å². The second kappa shape index (κ2) is 7.51. The highest BCUT2D eigenvalue weighted by atomic mass is 32.1. The molecule has 1 saturated heterocycles. The zero-order chi connectivity index (χ0) is 18.1. The number of aromatic nitrogens is 1. The van der Waals surface area contributed by atoms with E-state index in [0.29, 0.717) is 0 Å². The molecule has 3 nitrogen and oxygen atoms in total.